The van der Waals surface area contributed by atoms with Gasteiger partial charge in [-0.15, -0.1) is 0 Å². The molecule has 0 radical (unpaired) electrons. The van der Waals surface area contributed by atoms with E-state index in [0.29, 0.717) is 0 Å². The van der Waals surface area contributed by atoms with Crippen LogP contribution < -0.4 is 5.32 Å². The van der Waals surface area contributed by atoms with E-state index in [1.54, 1.807) is 0 Å². The highest BCUT2D eigenvalue weighted by Gasteiger charge is 2.23. The third-order valence-electron chi connectivity index (χ3n) is 3.38. The molecule has 0 aliphatic heterocycles. The zero-order valence-corrected chi connectivity index (χ0v) is 11.8. The molecule has 1 aromatic rings. The number of aryl methyl sites for hydroxylation is 2. The largest absolute Gasteiger partial charge is 0.395 e. The van der Waals surface area contributed by atoms with Crippen LogP contribution in [0.25, 0.3) is 0 Å². The molecule has 18 heavy (non-hydrogen) atoms. The van der Waals surface area contributed by atoms with Crippen LogP contribution in [0.15, 0.2) is 18.2 Å². The van der Waals surface area contributed by atoms with Crippen LogP contribution in [0.3, 0.4) is 0 Å². The van der Waals surface area contributed by atoms with Gasteiger partial charge in [0, 0.05) is 12.0 Å². The Morgan fingerprint density at radius 2 is 1.78 bits per heavy atom. The highest BCUT2D eigenvalue weighted by molar-refractivity contribution is 5.35. The van der Waals surface area contributed by atoms with Crippen molar-refractivity contribution in [2.45, 2.75) is 39.2 Å². The predicted octanol–water partition coefficient (Wildman–Crippen LogP) is 1.52. The summed E-state index contributed by atoms with van der Waals surface area (Å²) in [5.41, 5.74) is 3.82. The molecule has 1 rings (SSSR count). The average Bonchev–Trinajstić information content (AvgIpc) is 2.29. The van der Waals surface area contributed by atoms with Crippen LogP contribution in [-0.2, 0) is 5.41 Å². The summed E-state index contributed by atoms with van der Waals surface area (Å²) in [5.74, 6) is 0. The minimum Gasteiger partial charge on any atom is -0.395 e. The van der Waals surface area contributed by atoms with E-state index in [1.807, 2.05) is 0 Å². The van der Waals surface area contributed by atoms with Crippen LogP contribution >= 0.6 is 0 Å². The molecule has 0 atom stereocenters. The third kappa shape index (κ3) is 3.80. The minimum atomic E-state index is -0.241. The fourth-order valence-corrected chi connectivity index (χ4v) is 2.25. The Kier molecular flexibility index (Phi) is 5.32. The van der Waals surface area contributed by atoms with E-state index in [0.717, 1.165) is 6.54 Å². The topological polar surface area (TPSA) is 52.5 Å². The van der Waals surface area contributed by atoms with Crippen molar-refractivity contribution >= 4 is 0 Å². The van der Waals surface area contributed by atoms with Crippen molar-refractivity contribution in [3.63, 3.8) is 0 Å². The number of benzene rings is 1. The number of aliphatic hydroxyl groups is 2. The molecule has 1 aromatic carbocycles. The van der Waals surface area contributed by atoms with Crippen LogP contribution in [0.2, 0.25) is 0 Å². The highest BCUT2D eigenvalue weighted by atomic mass is 16.3. The van der Waals surface area contributed by atoms with E-state index in [4.69, 9.17) is 10.2 Å². The first-order chi connectivity index (χ1) is 8.40. The van der Waals surface area contributed by atoms with E-state index in [2.05, 4.69) is 51.2 Å². The van der Waals surface area contributed by atoms with Crippen LogP contribution in [0.5, 0.6) is 0 Å². The molecule has 3 N–H and O–H groups in total. The van der Waals surface area contributed by atoms with Crippen molar-refractivity contribution in [2.75, 3.05) is 19.8 Å². The predicted molar refractivity (Wildman–Crippen MR) is 74.9 cm³/mol. The van der Waals surface area contributed by atoms with Crippen molar-refractivity contribution < 1.29 is 10.2 Å². The number of hydrogen-bond donors (Lipinski definition) is 3. The Labute approximate surface area is 110 Å². The number of hydrogen-bond acceptors (Lipinski definition) is 3. The summed E-state index contributed by atoms with van der Waals surface area (Å²) < 4.78 is 0. The first-order valence-electron chi connectivity index (χ1n) is 6.43. The molecular weight excluding hydrogens is 226 g/mol. The third-order valence-corrected chi connectivity index (χ3v) is 3.38. The fourth-order valence-electron chi connectivity index (χ4n) is 2.25. The smallest absolute Gasteiger partial charge is 0.0607 e. The molecule has 102 valence electrons. The molecule has 0 aliphatic rings. The molecule has 0 amide bonds. The normalized spacial score (nSPS) is 12.2. The summed E-state index contributed by atoms with van der Waals surface area (Å²) in [6.45, 7) is 9.20. The molecule has 0 spiro atoms. The lowest BCUT2D eigenvalue weighted by Crippen LogP contribution is -2.43. The molecule has 0 aliphatic carbocycles. The second-order valence-corrected chi connectivity index (χ2v) is 5.65. The van der Waals surface area contributed by atoms with Gasteiger partial charge < -0.3 is 15.5 Å². The molecule has 3 heteroatoms. The zero-order valence-electron chi connectivity index (χ0n) is 11.8. The number of rotatable bonds is 6. The van der Waals surface area contributed by atoms with Crippen molar-refractivity contribution in [2.24, 2.45) is 0 Å². The molecule has 0 aromatic heterocycles. The van der Waals surface area contributed by atoms with Gasteiger partial charge >= 0.3 is 0 Å². The average molecular weight is 251 g/mol. The van der Waals surface area contributed by atoms with Gasteiger partial charge in [0.2, 0.25) is 0 Å². The summed E-state index contributed by atoms with van der Waals surface area (Å²) in [5, 5.41) is 21.3. The Morgan fingerprint density at radius 1 is 1.17 bits per heavy atom. The summed E-state index contributed by atoms with van der Waals surface area (Å²) in [6.07, 6.45) is 0. The van der Waals surface area contributed by atoms with E-state index < -0.39 is 0 Å². The van der Waals surface area contributed by atoms with E-state index >= 15 is 0 Å². The molecular formula is C15H25NO2. The molecule has 3 nitrogen and oxygen atoms in total. The number of aliphatic hydroxyl groups excluding tert-OH is 2. The van der Waals surface area contributed by atoms with Crippen molar-refractivity contribution in [3.05, 3.63) is 34.9 Å². The highest BCUT2D eigenvalue weighted by Crippen LogP contribution is 2.26. The first-order valence-corrected chi connectivity index (χ1v) is 6.43. The summed E-state index contributed by atoms with van der Waals surface area (Å²) in [7, 11) is 0. The van der Waals surface area contributed by atoms with Crippen LogP contribution in [-0.4, -0.2) is 36.0 Å². The van der Waals surface area contributed by atoms with Crippen molar-refractivity contribution in [1.29, 1.82) is 0 Å². The summed E-state index contributed by atoms with van der Waals surface area (Å²) >= 11 is 0. The second kappa shape index (κ2) is 6.32. The van der Waals surface area contributed by atoms with Crippen LogP contribution in [0, 0.1) is 13.8 Å². The summed E-state index contributed by atoms with van der Waals surface area (Å²) in [6, 6.07) is 6.24. The molecule has 0 fully saturated rings. The lowest BCUT2D eigenvalue weighted by molar-refractivity contribution is 0.166. The van der Waals surface area contributed by atoms with Gasteiger partial charge in [-0.3, -0.25) is 0 Å². The standard InChI is InChI=1S/C15H25NO2/c1-11-5-6-14(12(2)7-11)15(3,4)10-16-13(8-17)9-18/h5-7,13,16-18H,8-10H2,1-4H3. The molecule has 0 unspecified atom stereocenters. The van der Waals surface area contributed by atoms with Gasteiger partial charge in [-0.25, -0.2) is 0 Å². The molecule has 0 saturated carbocycles. The maximum atomic E-state index is 9.06. The van der Waals surface area contributed by atoms with Crippen molar-refractivity contribution in [1.82, 2.24) is 5.32 Å². The van der Waals surface area contributed by atoms with E-state index in [-0.39, 0.29) is 24.7 Å². The van der Waals surface area contributed by atoms with Gasteiger partial charge in [-0.05, 0) is 25.0 Å². The quantitative estimate of drug-likeness (QED) is 0.718. The van der Waals surface area contributed by atoms with Crippen LogP contribution in [0.4, 0.5) is 0 Å². The van der Waals surface area contributed by atoms with E-state index in [9.17, 15) is 0 Å². The van der Waals surface area contributed by atoms with Gasteiger partial charge in [0.15, 0.2) is 0 Å². The Balaban J connectivity index is 2.79. The molecule has 0 bridgehead atoms. The SMILES string of the molecule is Cc1ccc(C(C)(C)CNC(CO)CO)c(C)c1. The maximum Gasteiger partial charge on any atom is 0.0607 e. The lowest BCUT2D eigenvalue weighted by Gasteiger charge is -2.29. The van der Waals surface area contributed by atoms with Crippen molar-refractivity contribution in [3.8, 4) is 0 Å². The van der Waals surface area contributed by atoms with Gasteiger partial charge in [0.1, 0.15) is 0 Å². The fraction of sp³-hybridized carbons (Fsp3) is 0.600. The van der Waals surface area contributed by atoms with Gasteiger partial charge in [-0.1, -0.05) is 37.6 Å². The minimum absolute atomic E-state index is 0.0274. The van der Waals surface area contributed by atoms with E-state index in [1.165, 1.54) is 16.7 Å². The maximum absolute atomic E-state index is 9.06. The van der Waals surface area contributed by atoms with Gasteiger partial charge in [0.25, 0.3) is 0 Å². The first kappa shape index (κ1) is 15.2. The van der Waals surface area contributed by atoms with Gasteiger partial charge in [-0.2, -0.15) is 0 Å². The van der Waals surface area contributed by atoms with Crippen LogP contribution in [0.1, 0.15) is 30.5 Å². The van der Waals surface area contributed by atoms with Gasteiger partial charge in [0.05, 0.1) is 19.3 Å². The zero-order chi connectivity index (χ0) is 13.8. The Morgan fingerprint density at radius 3 is 2.28 bits per heavy atom. The second-order valence-electron chi connectivity index (χ2n) is 5.65. The molecule has 0 saturated heterocycles. The summed E-state index contributed by atoms with van der Waals surface area (Å²) in [4.78, 5) is 0. The molecule has 0 heterocycles. The lowest BCUT2D eigenvalue weighted by atomic mass is 9.81. The monoisotopic (exact) mass is 251 g/mol. The Hall–Kier alpha value is -0.900. The number of nitrogens with one attached hydrogen (secondary N) is 1. The Bertz CT molecular complexity index is 384.